The van der Waals surface area contributed by atoms with Crippen molar-refractivity contribution in [2.75, 3.05) is 7.05 Å². The molecule has 3 aromatic rings. The third-order valence-electron chi connectivity index (χ3n) is 4.10. The number of benzene rings is 2. The van der Waals surface area contributed by atoms with Gasteiger partial charge in [0.2, 0.25) is 11.8 Å². The second-order valence-electron chi connectivity index (χ2n) is 5.81. The molecule has 0 aliphatic carbocycles. The summed E-state index contributed by atoms with van der Waals surface area (Å²) < 4.78 is 5.72. The molecule has 7 heteroatoms. The predicted octanol–water partition coefficient (Wildman–Crippen LogP) is 3.84. The Bertz CT molecular complexity index is 864. The van der Waals surface area contributed by atoms with Gasteiger partial charge >= 0.3 is 0 Å². The van der Waals surface area contributed by atoms with Crippen LogP contribution in [0.2, 0.25) is 0 Å². The van der Waals surface area contributed by atoms with Crippen LogP contribution < -0.4 is 0 Å². The van der Waals surface area contributed by atoms with E-state index in [1.807, 2.05) is 55.3 Å². The highest BCUT2D eigenvalue weighted by atomic mass is 16.6. The number of nitro benzene ring substituents is 1. The summed E-state index contributed by atoms with van der Waals surface area (Å²) in [5.74, 6) is 0.977. The molecule has 0 spiro atoms. The topological polar surface area (TPSA) is 85.3 Å². The number of nitro groups is 1. The Morgan fingerprint density at radius 3 is 2.64 bits per heavy atom. The van der Waals surface area contributed by atoms with Crippen LogP contribution in [0, 0.1) is 10.1 Å². The van der Waals surface area contributed by atoms with Crippen LogP contribution in [-0.2, 0) is 6.54 Å². The lowest BCUT2D eigenvalue weighted by Gasteiger charge is -2.23. The lowest BCUT2D eigenvalue weighted by atomic mass is 10.1. The molecule has 0 aliphatic rings. The van der Waals surface area contributed by atoms with Crippen LogP contribution in [0.15, 0.2) is 59.0 Å². The molecular weight excluding hydrogens is 320 g/mol. The quantitative estimate of drug-likeness (QED) is 0.501. The predicted molar refractivity (Wildman–Crippen MR) is 92.7 cm³/mol. The standard InChI is InChI=1S/C18H18N4O3/c1-13(15-9-6-10-16(11-15)22(23)24)21(2)12-17-19-20-18(25-17)14-7-4-3-5-8-14/h3-11,13H,12H2,1-2H3/t13-/m1/s1. The van der Waals surface area contributed by atoms with Crippen molar-refractivity contribution < 1.29 is 9.34 Å². The molecule has 0 fully saturated rings. The number of rotatable bonds is 6. The van der Waals surface area contributed by atoms with E-state index in [1.165, 1.54) is 6.07 Å². The minimum atomic E-state index is -0.389. The van der Waals surface area contributed by atoms with Gasteiger partial charge in [-0.3, -0.25) is 15.0 Å². The zero-order valence-electron chi connectivity index (χ0n) is 14.0. The van der Waals surface area contributed by atoms with Crippen molar-refractivity contribution in [3.05, 3.63) is 76.2 Å². The fraction of sp³-hybridized carbons (Fsp3) is 0.222. The van der Waals surface area contributed by atoms with Gasteiger partial charge in [-0.1, -0.05) is 30.3 Å². The van der Waals surface area contributed by atoms with E-state index in [2.05, 4.69) is 10.2 Å². The molecule has 1 atom stereocenters. The van der Waals surface area contributed by atoms with Crippen molar-refractivity contribution in [2.45, 2.75) is 19.5 Å². The highest BCUT2D eigenvalue weighted by molar-refractivity contribution is 5.51. The third kappa shape index (κ3) is 3.89. The van der Waals surface area contributed by atoms with Gasteiger partial charge in [-0.25, -0.2) is 0 Å². The van der Waals surface area contributed by atoms with Crippen molar-refractivity contribution >= 4 is 5.69 Å². The number of hydrogen-bond acceptors (Lipinski definition) is 6. The van der Waals surface area contributed by atoms with Crippen molar-refractivity contribution in [3.8, 4) is 11.5 Å². The largest absolute Gasteiger partial charge is 0.419 e. The van der Waals surface area contributed by atoms with Crippen LogP contribution in [0.25, 0.3) is 11.5 Å². The van der Waals surface area contributed by atoms with Crippen LogP contribution in [0.1, 0.15) is 24.4 Å². The van der Waals surface area contributed by atoms with E-state index in [0.29, 0.717) is 18.3 Å². The van der Waals surface area contributed by atoms with E-state index in [-0.39, 0.29) is 16.7 Å². The first-order valence-electron chi connectivity index (χ1n) is 7.87. The Morgan fingerprint density at radius 1 is 1.16 bits per heavy atom. The van der Waals surface area contributed by atoms with Gasteiger partial charge < -0.3 is 4.42 Å². The van der Waals surface area contributed by atoms with E-state index in [1.54, 1.807) is 12.1 Å². The van der Waals surface area contributed by atoms with Gasteiger partial charge in [0, 0.05) is 23.7 Å². The van der Waals surface area contributed by atoms with Gasteiger partial charge in [-0.2, -0.15) is 0 Å². The first kappa shape index (κ1) is 16.8. The first-order valence-corrected chi connectivity index (χ1v) is 7.87. The van der Waals surface area contributed by atoms with Crippen molar-refractivity contribution in [1.29, 1.82) is 0 Å². The number of hydrogen-bond donors (Lipinski definition) is 0. The van der Waals surface area contributed by atoms with Crippen LogP contribution in [0.5, 0.6) is 0 Å². The average molecular weight is 338 g/mol. The van der Waals surface area contributed by atoms with Gasteiger partial charge in [0.25, 0.3) is 5.69 Å². The average Bonchev–Trinajstić information content (AvgIpc) is 3.10. The van der Waals surface area contributed by atoms with Crippen LogP contribution in [-0.4, -0.2) is 27.1 Å². The van der Waals surface area contributed by atoms with E-state index in [4.69, 9.17) is 4.42 Å². The molecule has 7 nitrogen and oxygen atoms in total. The van der Waals surface area contributed by atoms with Crippen molar-refractivity contribution in [2.24, 2.45) is 0 Å². The molecule has 0 amide bonds. The highest BCUT2D eigenvalue weighted by Crippen LogP contribution is 2.25. The van der Waals surface area contributed by atoms with Gasteiger partial charge in [-0.05, 0) is 31.7 Å². The second-order valence-corrected chi connectivity index (χ2v) is 5.81. The Balaban J connectivity index is 1.72. The SMILES string of the molecule is C[C@H](c1cccc([N+](=O)[O-])c1)N(C)Cc1nnc(-c2ccccc2)o1. The molecule has 0 bridgehead atoms. The number of aromatic nitrogens is 2. The van der Waals surface area contributed by atoms with Crippen LogP contribution in [0.3, 0.4) is 0 Å². The number of non-ortho nitro benzene ring substituents is 1. The van der Waals surface area contributed by atoms with E-state index in [9.17, 15) is 10.1 Å². The lowest BCUT2D eigenvalue weighted by Crippen LogP contribution is -2.22. The molecule has 128 valence electrons. The molecule has 0 radical (unpaired) electrons. The minimum Gasteiger partial charge on any atom is -0.419 e. The summed E-state index contributed by atoms with van der Waals surface area (Å²) in [6, 6.07) is 16.2. The maximum atomic E-state index is 10.9. The molecule has 0 unspecified atom stereocenters. The van der Waals surface area contributed by atoms with Crippen LogP contribution >= 0.6 is 0 Å². The van der Waals surface area contributed by atoms with Crippen molar-refractivity contribution in [1.82, 2.24) is 15.1 Å². The molecule has 25 heavy (non-hydrogen) atoms. The molecule has 2 aromatic carbocycles. The van der Waals surface area contributed by atoms with Gasteiger partial charge in [0.15, 0.2) is 0 Å². The van der Waals surface area contributed by atoms with E-state index >= 15 is 0 Å². The fourth-order valence-electron chi connectivity index (χ4n) is 2.52. The highest BCUT2D eigenvalue weighted by Gasteiger charge is 2.18. The summed E-state index contributed by atoms with van der Waals surface area (Å²) in [6.07, 6.45) is 0. The Labute approximate surface area is 145 Å². The fourth-order valence-corrected chi connectivity index (χ4v) is 2.52. The molecule has 0 saturated carbocycles. The summed E-state index contributed by atoms with van der Waals surface area (Å²) in [6.45, 7) is 2.43. The molecule has 1 aromatic heterocycles. The summed E-state index contributed by atoms with van der Waals surface area (Å²) in [7, 11) is 1.91. The first-order chi connectivity index (χ1) is 12.0. The molecule has 0 N–H and O–H groups in total. The van der Waals surface area contributed by atoms with E-state index < -0.39 is 0 Å². The summed E-state index contributed by atoms with van der Waals surface area (Å²) in [4.78, 5) is 12.5. The summed E-state index contributed by atoms with van der Waals surface area (Å²) in [5.41, 5.74) is 1.82. The van der Waals surface area contributed by atoms with Gasteiger partial charge in [-0.15, -0.1) is 10.2 Å². The number of nitrogens with zero attached hydrogens (tertiary/aromatic N) is 4. The lowest BCUT2D eigenvalue weighted by molar-refractivity contribution is -0.384. The molecule has 3 rings (SSSR count). The zero-order valence-corrected chi connectivity index (χ0v) is 14.0. The molecular formula is C18H18N4O3. The maximum absolute atomic E-state index is 10.9. The maximum Gasteiger partial charge on any atom is 0.269 e. The van der Waals surface area contributed by atoms with Gasteiger partial charge in [0.05, 0.1) is 11.5 Å². The van der Waals surface area contributed by atoms with Crippen molar-refractivity contribution in [3.63, 3.8) is 0 Å². The second kappa shape index (κ2) is 7.23. The van der Waals surface area contributed by atoms with Crippen LogP contribution in [0.4, 0.5) is 5.69 Å². The smallest absolute Gasteiger partial charge is 0.269 e. The summed E-state index contributed by atoms with van der Waals surface area (Å²) >= 11 is 0. The van der Waals surface area contributed by atoms with Gasteiger partial charge in [0.1, 0.15) is 0 Å². The molecule has 0 saturated heterocycles. The molecule has 1 heterocycles. The normalized spacial score (nSPS) is 12.3. The van der Waals surface area contributed by atoms with E-state index in [0.717, 1.165) is 11.1 Å². The summed E-state index contributed by atoms with van der Waals surface area (Å²) in [5, 5.41) is 19.1. The zero-order chi connectivity index (χ0) is 17.8. The third-order valence-corrected chi connectivity index (χ3v) is 4.10. The Morgan fingerprint density at radius 2 is 1.92 bits per heavy atom. The monoisotopic (exact) mass is 338 g/mol. The molecule has 0 aliphatic heterocycles. The minimum absolute atomic E-state index is 0.0352. The Hall–Kier alpha value is -3.06. The Kier molecular flexibility index (Phi) is 4.85.